The number of ether oxygens (including phenoxy) is 3. The summed E-state index contributed by atoms with van der Waals surface area (Å²) in [5.74, 6) is 1.53. The zero-order valence-electron chi connectivity index (χ0n) is 16.1. The number of benzene rings is 2. The van der Waals surface area contributed by atoms with Crippen molar-refractivity contribution in [2.45, 2.75) is 6.92 Å². The number of amides is 1. The molecule has 0 radical (unpaired) electrons. The number of nitrogens with one attached hydrogen (secondary N) is 1. The first-order valence-electron chi connectivity index (χ1n) is 8.56. The molecular weight excluding hydrogens is 358 g/mol. The molecule has 144 valence electrons. The average molecular weight is 379 g/mol. The molecule has 3 aromatic rings. The summed E-state index contributed by atoms with van der Waals surface area (Å²) in [7, 11) is 4.71. The zero-order valence-corrected chi connectivity index (χ0v) is 16.1. The number of hydrogen-bond acceptors (Lipinski definition) is 6. The van der Waals surface area contributed by atoms with Gasteiger partial charge >= 0.3 is 0 Å². The molecule has 0 aliphatic rings. The quantitative estimate of drug-likeness (QED) is 0.525. The lowest BCUT2D eigenvalue weighted by atomic mass is 10.1. The van der Waals surface area contributed by atoms with Crippen molar-refractivity contribution in [3.63, 3.8) is 0 Å². The Morgan fingerprint density at radius 3 is 2.50 bits per heavy atom. The predicted molar refractivity (Wildman–Crippen MR) is 108 cm³/mol. The van der Waals surface area contributed by atoms with E-state index in [1.165, 1.54) is 6.21 Å². The number of hydrazone groups is 1. The number of aryl methyl sites for hydroxylation is 1. The van der Waals surface area contributed by atoms with Crippen LogP contribution in [0.5, 0.6) is 17.2 Å². The van der Waals surface area contributed by atoms with Gasteiger partial charge in [0.25, 0.3) is 5.91 Å². The Hall–Kier alpha value is -3.61. The molecule has 0 saturated carbocycles. The Balaban J connectivity index is 1.84. The van der Waals surface area contributed by atoms with Gasteiger partial charge in [0.05, 0.1) is 38.6 Å². The van der Waals surface area contributed by atoms with E-state index in [-0.39, 0.29) is 5.91 Å². The van der Waals surface area contributed by atoms with Crippen LogP contribution in [0.15, 0.2) is 47.6 Å². The molecule has 28 heavy (non-hydrogen) atoms. The highest BCUT2D eigenvalue weighted by Crippen LogP contribution is 2.27. The van der Waals surface area contributed by atoms with Gasteiger partial charge in [-0.3, -0.25) is 9.78 Å². The van der Waals surface area contributed by atoms with Crippen molar-refractivity contribution in [3.8, 4) is 17.2 Å². The minimum atomic E-state index is -0.333. The van der Waals surface area contributed by atoms with Gasteiger partial charge in [0.2, 0.25) is 0 Å². The molecule has 0 aliphatic carbocycles. The summed E-state index contributed by atoms with van der Waals surface area (Å²) in [5.41, 5.74) is 5.26. The number of pyridine rings is 1. The second-order valence-electron chi connectivity index (χ2n) is 6.01. The van der Waals surface area contributed by atoms with E-state index in [0.29, 0.717) is 28.2 Å². The standard InChI is InChI=1S/C21H21N3O4/c1-13-9-17(16-11-15(26-2)6-7-18(16)23-13)21(25)24-22-12-14-5-8-19(27-3)20(10-14)28-4/h5-12H,1-4H3,(H,24,25). The van der Waals surface area contributed by atoms with Gasteiger partial charge in [0.1, 0.15) is 5.75 Å². The first kappa shape index (κ1) is 19.2. The molecule has 1 amide bonds. The molecular formula is C21H21N3O4. The number of rotatable bonds is 6. The Morgan fingerprint density at radius 2 is 1.79 bits per heavy atom. The minimum absolute atomic E-state index is 0.333. The van der Waals surface area contributed by atoms with E-state index in [1.807, 2.05) is 25.1 Å². The molecule has 3 rings (SSSR count). The topological polar surface area (TPSA) is 82.0 Å². The molecule has 0 unspecified atom stereocenters. The van der Waals surface area contributed by atoms with Crippen LogP contribution < -0.4 is 19.6 Å². The summed E-state index contributed by atoms with van der Waals surface area (Å²) < 4.78 is 15.7. The maximum Gasteiger partial charge on any atom is 0.272 e. The first-order valence-corrected chi connectivity index (χ1v) is 8.56. The Bertz CT molecular complexity index is 1050. The number of carbonyl (C=O) groups is 1. The molecule has 1 heterocycles. The lowest BCUT2D eigenvalue weighted by Crippen LogP contribution is -2.18. The van der Waals surface area contributed by atoms with Crippen LogP contribution in [0.4, 0.5) is 0 Å². The Labute approximate surface area is 162 Å². The number of fused-ring (bicyclic) bond motifs is 1. The fraction of sp³-hybridized carbons (Fsp3) is 0.190. The van der Waals surface area contributed by atoms with Crippen LogP contribution in [0.25, 0.3) is 10.9 Å². The smallest absolute Gasteiger partial charge is 0.272 e. The lowest BCUT2D eigenvalue weighted by molar-refractivity contribution is 0.0956. The van der Waals surface area contributed by atoms with Crippen LogP contribution in [0, 0.1) is 6.92 Å². The molecule has 7 heteroatoms. The van der Waals surface area contributed by atoms with Crippen LogP contribution >= 0.6 is 0 Å². The monoisotopic (exact) mass is 379 g/mol. The first-order chi connectivity index (χ1) is 13.5. The minimum Gasteiger partial charge on any atom is -0.497 e. The van der Waals surface area contributed by atoms with Gasteiger partial charge in [0, 0.05) is 11.1 Å². The van der Waals surface area contributed by atoms with E-state index in [4.69, 9.17) is 14.2 Å². The molecule has 1 N–H and O–H groups in total. The van der Waals surface area contributed by atoms with Gasteiger partial charge in [-0.05, 0) is 55.0 Å². The van der Waals surface area contributed by atoms with Crippen LogP contribution in [0.1, 0.15) is 21.6 Å². The number of methoxy groups -OCH3 is 3. The summed E-state index contributed by atoms with van der Waals surface area (Å²) in [6.07, 6.45) is 1.54. The van der Waals surface area contributed by atoms with Crippen molar-refractivity contribution in [1.82, 2.24) is 10.4 Å². The van der Waals surface area contributed by atoms with Crippen molar-refractivity contribution in [2.75, 3.05) is 21.3 Å². The number of hydrogen-bond donors (Lipinski definition) is 1. The van der Waals surface area contributed by atoms with Crippen LogP contribution in [-0.2, 0) is 0 Å². The number of carbonyl (C=O) groups excluding carboxylic acids is 1. The van der Waals surface area contributed by atoms with Crippen molar-refractivity contribution in [2.24, 2.45) is 5.10 Å². The molecule has 0 fully saturated rings. The second-order valence-corrected chi connectivity index (χ2v) is 6.01. The summed E-state index contributed by atoms with van der Waals surface area (Å²) in [4.78, 5) is 17.1. The van der Waals surface area contributed by atoms with Gasteiger partial charge in [-0.1, -0.05) is 0 Å². The Morgan fingerprint density at radius 1 is 1.00 bits per heavy atom. The zero-order chi connectivity index (χ0) is 20.1. The highest BCUT2D eigenvalue weighted by molar-refractivity contribution is 6.06. The third-order valence-corrected chi connectivity index (χ3v) is 4.18. The third kappa shape index (κ3) is 4.03. The van der Waals surface area contributed by atoms with Gasteiger partial charge < -0.3 is 14.2 Å². The van der Waals surface area contributed by atoms with E-state index < -0.39 is 0 Å². The number of aromatic nitrogens is 1. The molecule has 0 atom stereocenters. The maximum absolute atomic E-state index is 12.7. The SMILES string of the molecule is COc1ccc2nc(C)cc(C(=O)NN=Cc3ccc(OC)c(OC)c3)c2c1. The molecule has 0 bridgehead atoms. The second kappa shape index (κ2) is 8.39. The summed E-state index contributed by atoms with van der Waals surface area (Å²) in [6, 6.07) is 12.5. The summed E-state index contributed by atoms with van der Waals surface area (Å²) in [6.45, 7) is 1.84. The van der Waals surface area contributed by atoms with E-state index in [9.17, 15) is 4.79 Å². The predicted octanol–water partition coefficient (Wildman–Crippen LogP) is 3.33. The maximum atomic E-state index is 12.7. The average Bonchev–Trinajstić information content (AvgIpc) is 2.72. The molecule has 2 aromatic carbocycles. The third-order valence-electron chi connectivity index (χ3n) is 4.18. The molecule has 1 aromatic heterocycles. The molecule has 0 saturated heterocycles. The Kier molecular flexibility index (Phi) is 5.74. The van der Waals surface area contributed by atoms with Crippen molar-refractivity contribution < 1.29 is 19.0 Å². The van der Waals surface area contributed by atoms with E-state index in [0.717, 1.165) is 16.8 Å². The molecule has 7 nitrogen and oxygen atoms in total. The van der Waals surface area contributed by atoms with Crippen molar-refractivity contribution in [3.05, 3.63) is 59.3 Å². The summed E-state index contributed by atoms with van der Waals surface area (Å²) >= 11 is 0. The summed E-state index contributed by atoms with van der Waals surface area (Å²) in [5, 5.41) is 4.75. The fourth-order valence-electron chi connectivity index (χ4n) is 2.81. The largest absolute Gasteiger partial charge is 0.497 e. The van der Waals surface area contributed by atoms with Crippen LogP contribution in [-0.4, -0.2) is 38.4 Å². The van der Waals surface area contributed by atoms with Gasteiger partial charge in [-0.15, -0.1) is 0 Å². The molecule has 0 aliphatic heterocycles. The highest BCUT2D eigenvalue weighted by atomic mass is 16.5. The molecule has 0 spiro atoms. The van der Waals surface area contributed by atoms with Gasteiger partial charge in [-0.2, -0.15) is 5.10 Å². The van der Waals surface area contributed by atoms with Gasteiger partial charge in [0.15, 0.2) is 11.5 Å². The fourth-order valence-corrected chi connectivity index (χ4v) is 2.81. The van der Waals surface area contributed by atoms with E-state index in [2.05, 4.69) is 15.5 Å². The van der Waals surface area contributed by atoms with Crippen LogP contribution in [0.3, 0.4) is 0 Å². The van der Waals surface area contributed by atoms with Crippen LogP contribution in [0.2, 0.25) is 0 Å². The van der Waals surface area contributed by atoms with E-state index >= 15 is 0 Å². The highest BCUT2D eigenvalue weighted by Gasteiger charge is 2.12. The van der Waals surface area contributed by atoms with Crippen molar-refractivity contribution >= 4 is 23.0 Å². The van der Waals surface area contributed by atoms with Gasteiger partial charge in [-0.25, -0.2) is 5.43 Å². The normalized spacial score (nSPS) is 10.9. The lowest BCUT2D eigenvalue weighted by Gasteiger charge is -2.09. The van der Waals surface area contributed by atoms with E-state index in [1.54, 1.807) is 45.6 Å². The van der Waals surface area contributed by atoms with Crippen molar-refractivity contribution in [1.29, 1.82) is 0 Å². The number of nitrogens with zero attached hydrogens (tertiary/aromatic N) is 2.